The molecule has 0 spiro atoms. The quantitative estimate of drug-likeness (QED) is 0.661. The Labute approximate surface area is 120 Å². The predicted octanol–water partition coefficient (Wildman–Crippen LogP) is 2.28. The second-order valence-corrected chi connectivity index (χ2v) is 5.05. The van der Waals surface area contributed by atoms with Gasteiger partial charge in [-0.05, 0) is 37.5 Å². The van der Waals surface area contributed by atoms with Crippen molar-refractivity contribution in [3.8, 4) is 0 Å². The summed E-state index contributed by atoms with van der Waals surface area (Å²) in [7, 11) is 1.38. The highest BCUT2D eigenvalue weighted by atomic mass is 16.5. The molecule has 5 heteroatoms. The lowest BCUT2D eigenvalue weighted by Gasteiger charge is -2.34. The summed E-state index contributed by atoms with van der Waals surface area (Å²) >= 11 is 0. The minimum Gasteiger partial charge on any atom is -0.465 e. The van der Waals surface area contributed by atoms with Crippen LogP contribution in [0.15, 0.2) is 18.2 Å². The van der Waals surface area contributed by atoms with Crippen molar-refractivity contribution in [2.24, 2.45) is 0 Å². The summed E-state index contributed by atoms with van der Waals surface area (Å²) in [5, 5.41) is 4.58. The lowest BCUT2D eigenvalue weighted by Crippen LogP contribution is -2.41. The molecule has 0 bridgehead atoms. The first-order valence-corrected chi connectivity index (χ1v) is 7.17. The fraction of sp³-hybridized carbons (Fsp3) is 0.533. The minimum atomic E-state index is -0.355. The number of benzene rings is 1. The maximum absolute atomic E-state index is 11.5. The van der Waals surface area contributed by atoms with Crippen molar-refractivity contribution in [1.29, 1.82) is 0 Å². The average molecular weight is 277 g/mol. The van der Waals surface area contributed by atoms with E-state index < -0.39 is 0 Å². The van der Waals surface area contributed by atoms with E-state index in [2.05, 4.69) is 16.9 Å². The molecule has 0 radical (unpaired) electrons. The Morgan fingerprint density at radius 3 is 2.65 bits per heavy atom. The van der Waals surface area contributed by atoms with Crippen LogP contribution in [0.5, 0.6) is 0 Å². The van der Waals surface area contributed by atoms with Gasteiger partial charge >= 0.3 is 5.97 Å². The van der Waals surface area contributed by atoms with Gasteiger partial charge in [-0.3, -0.25) is 0 Å². The highest BCUT2D eigenvalue weighted by molar-refractivity contribution is 5.91. The van der Waals surface area contributed by atoms with E-state index in [0.717, 1.165) is 31.7 Å². The van der Waals surface area contributed by atoms with E-state index in [4.69, 9.17) is 10.5 Å². The van der Waals surface area contributed by atoms with Gasteiger partial charge in [0.2, 0.25) is 0 Å². The number of hydrazine groups is 1. The van der Waals surface area contributed by atoms with Crippen LogP contribution in [0.2, 0.25) is 0 Å². The highest BCUT2D eigenvalue weighted by Gasteiger charge is 2.21. The van der Waals surface area contributed by atoms with Crippen molar-refractivity contribution in [2.75, 3.05) is 37.5 Å². The summed E-state index contributed by atoms with van der Waals surface area (Å²) in [4.78, 5) is 11.5. The Morgan fingerprint density at radius 1 is 1.40 bits per heavy atom. The van der Waals surface area contributed by atoms with E-state index in [1.165, 1.54) is 20.0 Å². The zero-order valence-corrected chi connectivity index (χ0v) is 12.3. The van der Waals surface area contributed by atoms with Gasteiger partial charge in [-0.1, -0.05) is 6.92 Å². The number of nitrogen functional groups attached to an aromatic ring is 1. The molecule has 1 aromatic rings. The van der Waals surface area contributed by atoms with Gasteiger partial charge in [-0.2, -0.15) is 0 Å². The third-order valence-corrected chi connectivity index (χ3v) is 3.59. The molecule has 1 aromatic carbocycles. The Kier molecular flexibility index (Phi) is 4.84. The van der Waals surface area contributed by atoms with Crippen molar-refractivity contribution in [1.82, 2.24) is 5.01 Å². The van der Waals surface area contributed by atoms with E-state index >= 15 is 0 Å². The maximum Gasteiger partial charge on any atom is 0.337 e. The third kappa shape index (κ3) is 3.04. The van der Waals surface area contributed by atoms with Crippen LogP contribution in [0, 0.1) is 0 Å². The number of nitrogens with two attached hydrogens (primary N) is 1. The van der Waals surface area contributed by atoms with E-state index in [9.17, 15) is 4.79 Å². The van der Waals surface area contributed by atoms with Crippen molar-refractivity contribution in [2.45, 2.75) is 26.2 Å². The number of carbonyl (C=O) groups excluding carboxylic acids is 1. The van der Waals surface area contributed by atoms with Crippen molar-refractivity contribution < 1.29 is 9.53 Å². The van der Waals surface area contributed by atoms with Crippen LogP contribution in [0.25, 0.3) is 0 Å². The van der Waals surface area contributed by atoms with Gasteiger partial charge in [0.25, 0.3) is 0 Å². The SMILES string of the molecule is CCCN(c1ccc(C(=O)OC)cc1N)N1CCCC1. The number of methoxy groups -OCH3 is 1. The first-order chi connectivity index (χ1) is 9.67. The summed E-state index contributed by atoms with van der Waals surface area (Å²) in [6, 6.07) is 5.38. The minimum absolute atomic E-state index is 0.355. The molecule has 0 aromatic heterocycles. The lowest BCUT2D eigenvalue weighted by atomic mass is 10.1. The summed E-state index contributed by atoms with van der Waals surface area (Å²) < 4.78 is 4.72. The molecule has 110 valence electrons. The molecule has 5 nitrogen and oxygen atoms in total. The van der Waals surface area contributed by atoms with E-state index in [1.54, 1.807) is 12.1 Å². The van der Waals surface area contributed by atoms with Crippen LogP contribution in [0.3, 0.4) is 0 Å². The molecule has 0 unspecified atom stereocenters. The van der Waals surface area contributed by atoms with Gasteiger partial charge in [0.05, 0.1) is 24.0 Å². The Hall–Kier alpha value is -1.75. The predicted molar refractivity (Wildman–Crippen MR) is 80.6 cm³/mol. The van der Waals surface area contributed by atoms with Crippen molar-refractivity contribution >= 4 is 17.3 Å². The van der Waals surface area contributed by atoms with Crippen molar-refractivity contribution in [3.05, 3.63) is 23.8 Å². The molecule has 0 aliphatic carbocycles. The number of anilines is 2. The molecule has 1 fully saturated rings. The van der Waals surface area contributed by atoms with Crippen LogP contribution in [-0.4, -0.2) is 37.7 Å². The first kappa shape index (κ1) is 14.7. The molecule has 1 aliphatic heterocycles. The largest absolute Gasteiger partial charge is 0.465 e. The number of hydrogen-bond acceptors (Lipinski definition) is 5. The summed E-state index contributed by atoms with van der Waals surface area (Å²) in [6.45, 7) is 5.22. The first-order valence-electron chi connectivity index (χ1n) is 7.17. The van der Waals surface area contributed by atoms with E-state index in [0.29, 0.717) is 11.3 Å². The number of esters is 1. The van der Waals surface area contributed by atoms with Gasteiger partial charge in [0, 0.05) is 19.6 Å². The average Bonchev–Trinajstić information content (AvgIpc) is 2.98. The molecule has 1 saturated heterocycles. The topological polar surface area (TPSA) is 58.8 Å². The Balaban J connectivity index is 2.26. The van der Waals surface area contributed by atoms with Crippen LogP contribution >= 0.6 is 0 Å². The monoisotopic (exact) mass is 277 g/mol. The molecule has 0 amide bonds. The summed E-state index contributed by atoms with van der Waals surface area (Å²) in [5.74, 6) is -0.355. The van der Waals surface area contributed by atoms with Gasteiger partial charge in [-0.15, -0.1) is 0 Å². The number of nitrogens with zero attached hydrogens (tertiary/aromatic N) is 2. The molecule has 1 aliphatic rings. The molecule has 0 saturated carbocycles. The zero-order valence-electron chi connectivity index (χ0n) is 12.3. The molecule has 2 rings (SSSR count). The summed E-state index contributed by atoms with van der Waals surface area (Å²) in [6.07, 6.45) is 3.50. The number of carbonyl (C=O) groups is 1. The smallest absolute Gasteiger partial charge is 0.337 e. The second kappa shape index (κ2) is 6.61. The van der Waals surface area contributed by atoms with Gasteiger partial charge in [0.15, 0.2) is 0 Å². The van der Waals surface area contributed by atoms with Crippen molar-refractivity contribution in [3.63, 3.8) is 0 Å². The number of hydrogen-bond donors (Lipinski definition) is 1. The van der Waals surface area contributed by atoms with Gasteiger partial charge in [-0.25, -0.2) is 9.80 Å². The molecule has 2 N–H and O–H groups in total. The fourth-order valence-electron chi connectivity index (χ4n) is 2.60. The maximum atomic E-state index is 11.5. The molecular formula is C15H23N3O2. The van der Waals surface area contributed by atoms with E-state index in [1.807, 2.05) is 6.07 Å². The molecular weight excluding hydrogens is 254 g/mol. The van der Waals surface area contributed by atoms with Crippen LogP contribution in [-0.2, 0) is 4.74 Å². The number of ether oxygens (including phenoxy) is 1. The zero-order chi connectivity index (χ0) is 14.5. The highest BCUT2D eigenvalue weighted by Crippen LogP contribution is 2.28. The van der Waals surface area contributed by atoms with Gasteiger partial charge < -0.3 is 15.5 Å². The van der Waals surface area contributed by atoms with Crippen LogP contribution < -0.4 is 10.7 Å². The van der Waals surface area contributed by atoms with E-state index in [-0.39, 0.29) is 5.97 Å². The fourth-order valence-corrected chi connectivity index (χ4v) is 2.60. The lowest BCUT2D eigenvalue weighted by molar-refractivity contribution is 0.0601. The second-order valence-electron chi connectivity index (χ2n) is 5.05. The van der Waals surface area contributed by atoms with Crippen LogP contribution in [0.4, 0.5) is 11.4 Å². The Bertz CT molecular complexity index is 470. The normalized spacial score (nSPS) is 15.3. The molecule has 0 atom stereocenters. The molecule has 1 heterocycles. The number of rotatable bonds is 5. The van der Waals surface area contributed by atoms with Crippen LogP contribution in [0.1, 0.15) is 36.5 Å². The Morgan fingerprint density at radius 2 is 2.10 bits per heavy atom. The third-order valence-electron chi connectivity index (χ3n) is 3.59. The van der Waals surface area contributed by atoms with Gasteiger partial charge in [0.1, 0.15) is 0 Å². The molecule has 20 heavy (non-hydrogen) atoms. The summed E-state index contributed by atoms with van der Waals surface area (Å²) in [5.41, 5.74) is 8.22. The standard InChI is InChI=1S/C15H23N3O2/c1-3-8-18(17-9-4-5-10-17)14-7-6-12(11-13(14)16)15(19)20-2/h6-7,11H,3-5,8-10,16H2,1-2H3.